The molecule has 1 rings (SSSR count). The first kappa shape index (κ1) is 12.4. The van der Waals surface area contributed by atoms with Gasteiger partial charge in [0.1, 0.15) is 11.6 Å². The number of rotatable bonds is 3. The average Bonchev–Trinajstić information content (AvgIpc) is 1.99. The van der Waals surface area contributed by atoms with Gasteiger partial charge in [0.15, 0.2) is 0 Å². The molecule has 2 nitrogen and oxygen atoms in total. The quantitative estimate of drug-likeness (QED) is 0.671. The van der Waals surface area contributed by atoms with Gasteiger partial charge >= 0.3 is 0 Å². The van der Waals surface area contributed by atoms with E-state index in [1.807, 2.05) is 0 Å². The molecule has 0 saturated heterocycles. The van der Waals surface area contributed by atoms with E-state index in [0.29, 0.717) is 36.5 Å². The molecule has 0 aliphatic heterocycles. The Kier molecular flexibility index (Phi) is 4.06. The van der Waals surface area contributed by atoms with E-state index < -0.39 is 0 Å². The summed E-state index contributed by atoms with van der Waals surface area (Å²) in [4.78, 5) is 22.8. The molecular formula is C13H22O2. The molecule has 0 aromatic heterocycles. The Morgan fingerprint density at radius 3 is 1.67 bits per heavy atom. The number of carbonyl (C=O) groups excluding carboxylic acids is 2. The highest BCUT2D eigenvalue weighted by molar-refractivity contribution is 6.01. The zero-order valence-electron chi connectivity index (χ0n) is 10.2. The maximum Gasteiger partial charge on any atom is 0.140 e. The Morgan fingerprint density at radius 1 is 0.933 bits per heavy atom. The zero-order valence-corrected chi connectivity index (χ0v) is 10.2. The first-order valence-electron chi connectivity index (χ1n) is 5.95. The summed E-state index contributed by atoms with van der Waals surface area (Å²) in [6.45, 7) is 8.75. The molecule has 0 amide bonds. The van der Waals surface area contributed by atoms with Gasteiger partial charge in [-0.2, -0.15) is 0 Å². The number of hydrogen-bond acceptors (Lipinski definition) is 2. The van der Waals surface area contributed by atoms with Crippen LogP contribution in [0.25, 0.3) is 0 Å². The fourth-order valence-corrected chi connectivity index (χ4v) is 3.15. The maximum absolute atomic E-state index is 11.4. The summed E-state index contributed by atoms with van der Waals surface area (Å²) in [7, 11) is 0. The van der Waals surface area contributed by atoms with Crippen LogP contribution in [0, 0.1) is 23.7 Å². The average molecular weight is 210 g/mol. The van der Waals surface area contributed by atoms with Crippen molar-refractivity contribution in [2.45, 2.75) is 47.0 Å². The topological polar surface area (TPSA) is 34.1 Å². The molecule has 86 valence electrons. The van der Waals surface area contributed by atoms with E-state index in [1.165, 1.54) is 0 Å². The molecule has 2 heteroatoms. The number of Topliss-reactive ketones (excluding diaryl/α,β-unsaturated/α-hetero) is 2. The van der Waals surface area contributed by atoms with Crippen molar-refractivity contribution in [1.82, 2.24) is 0 Å². The molecule has 0 bridgehead atoms. The highest BCUT2D eigenvalue weighted by Gasteiger charge is 2.34. The van der Waals surface area contributed by atoms with Gasteiger partial charge in [-0.05, 0) is 23.7 Å². The summed E-state index contributed by atoms with van der Waals surface area (Å²) in [5.41, 5.74) is 0. The molecule has 1 aliphatic rings. The lowest BCUT2D eigenvalue weighted by Crippen LogP contribution is -2.33. The molecule has 0 atom stereocenters. The van der Waals surface area contributed by atoms with Crippen LogP contribution in [0.5, 0.6) is 0 Å². The molecule has 0 radical (unpaired) electrons. The van der Waals surface area contributed by atoms with Crippen LogP contribution in [-0.2, 0) is 9.59 Å². The Labute approximate surface area is 92.4 Å². The summed E-state index contributed by atoms with van der Waals surface area (Å²) in [5.74, 6) is 2.17. The minimum absolute atomic E-state index is 0.141. The van der Waals surface area contributed by atoms with E-state index in [0.717, 1.165) is 0 Å². The lowest BCUT2D eigenvalue weighted by Gasteiger charge is -2.34. The standard InChI is InChI=1S/C13H22O2/c1-8(2)13(9(3)4)10-5-11(14)7-12(15)6-10/h8-10,13H,5-7H2,1-4H3. The fourth-order valence-electron chi connectivity index (χ4n) is 3.15. The van der Waals surface area contributed by atoms with Gasteiger partial charge in [0.05, 0.1) is 6.42 Å². The van der Waals surface area contributed by atoms with Crippen LogP contribution in [0.3, 0.4) is 0 Å². The van der Waals surface area contributed by atoms with Crippen LogP contribution < -0.4 is 0 Å². The van der Waals surface area contributed by atoms with Gasteiger partial charge < -0.3 is 0 Å². The smallest absolute Gasteiger partial charge is 0.140 e. The third-order valence-corrected chi connectivity index (χ3v) is 3.46. The van der Waals surface area contributed by atoms with Crippen molar-refractivity contribution in [3.8, 4) is 0 Å². The van der Waals surface area contributed by atoms with E-state index in [1.54, 1.807) is 0 Å². The molecule has 1 aliphatic carbocycles. The van der Waals surface area contributed by atoms with Crippen molar-refractivity contribution >= 4 is 11.6 Å². The number of hydrogen-bond donors (Lipinski definition) is 0. The van der Waals surface area contributed by atoms with Crippen LogP contribution in [-0.4, -0.2) is 11.6 Å². The summed E-state index contributed by atoms with van der Waals surface area (Å²) >= 11 is 0. The lowest BCUT2D eigenvalue weighted by atomic mass is 9.69. The first-order valence-corrected chi connectivity index (χ1v) is 5.95. The highest BCUT2D eigenvalue weighted by atomic mass is 16.1. The fraction of sp³-hybridized carbons (Fsp3) is 0.846. The van der Waals surface area contributed by atoms with E-state index >= 15 is 0 Å². The van der Waals surface area contributed by atoms with Crippen LogP contribution >= 0.6 is 0 Å². The van der Waals surface area contributed by atoms with Gasteiger partial charge in [0.25, 0.3) is 0 Å². The normalized spacial score (nSPS) is 19.7. The Morgan fingerprint density at radius 2 is 1.33 bits per heavy atom. The summed E-state index contributed by atoms with van der Waals surface area (Å²) in [5, 5.41) is 0. The summed E-state index contributed by atoms with van der Waals surface area (Å²) in [6.07, 6.45) is 1.42. The molecule has 15 heavy (non-hydrogen) atoms. The summed E-state index contributed by atoms with van der Waals surface area (Å²) in [6, 6.07) is 0. The molecule has 0 heterocycles. The monoisotopic (exact) mass is 210 g/mol. The molecule has 0 spiro atoms. The molecule has 0 aromatic carbocycles. The number of carbonyl (C=O) groups is 2. The third kappa shape index (κ3) is 3.15. The van der Waals surface area contributed by atoms with E-state index in [9.17, 15) is 9.59 Å². The SMILES string of the molecule is CC(C)C(C(C)C)C1CC(=O)CC(=O)C1. The van der Waals surface area contributed by atoms with Crippen molar-refractivity contribution in [1.29, 1.82) is 0 Å². The molecular weight excluding hydrogens is 188 g/mol. The van der Waals surface area contributed by atoms with E-state index in [4.69, 9.17) is 0 Å². The molecule has 1 saturated carbocycles. The predicted molar refractivity (Wildman–Crippen MR) is 60.5 cm³/mol. The minimum atomic E-state index is 0.141. The van der Waals surface area contributed by atoms with Crippen molar-refractivity contribution in [2.75, 3.05) is 0 Å². The maximum atomic E-state index is 11.4. The second-order valence-electron chi connectivity index (χ2n) is 5.49. The molecule has 0 N–H and O–H groups in total. The van der Waals surface area contributed by atoms with Crippen LogP contribution in [0.15, 0.2) is 0 Å². The molecule has 0 unspecified atom stereocenters. The predicted octanol–water partition coefficient (Wildman–Crippen LogP) is 2.85. The van der Waals surface area contributed by atoms with E-state index in [-0.39, 0.29) is 18.0 Å². The molecule has 0 aromatic rings. The van der Waals surface area contributed by atoms with Gasteiger partial charge in [-0.15, -0.1) is 0 Å². The third-order valence-electron chi connectivity index (χ3n) is 3.46. The Hall–Kier alpha value is -0.660. The van der Waals surface area contributed by atoms with Crippen molar-refractivity contribution in [3.63, 3.8) is 0 Å². The second-order valence-corrected chi connectivity index (χ2v) is 5.49. The highest BCUT2D eigenvalue weighted by Crippen LogP contribution is 2.35. The zero-order chi connectivity index (χ0) is 11.6. The van der Waals surface area contributed by atoms with Crippen LogP contribution in [0.2, 0.25) is 0 Å². The largest absolute Gasteiger partial charge is 0.299 e. The second kappa shape index (κ2) is 4.91. The van der Waals surface area contributed by atoms with Gasteiger partial charge in [-0.3, -0.25) is 9.59 Å². The minimum Gasteiger partial charge on any atom is -0.299 e. The number of ketones is 2. The van der Waals surface area contributed by atoms with Crippen molar-refractivity contribution < 1.29 is 9.59 Å². The Bertz CT molecular complexity index is 229. The van der Waals surface area contributed by atoms with Gasteiger partial charge in [-0.25, -0.2) is 0 Å². The Balaban J connectivity index is 2.75. The molecule has 1 fully saturated rings. The van der Waals surface area contributed by atoms with Gasteiger partial charge in [0.2, 0.25) is 0 Å². The van der Waals surface area contributed by atoms with Crippen LogP contribution in [0.4, 0.5) is 0 Å². The van der Waals surface area contributed by atoms with Crippen molar-refractivity contribution in [3.05, 3.63) is 0 Å². The van der Waals surface area contributed by atoms with Gasteiger partial charge in [0, 0.05) is 12.8 Å². The first-order chi connectivity index (χ1) is 6.91. The summed E-state index contributed by atoms with van der Waals surface area (Å²) < 4.78 is 0. The van der Waals surface area contributed by atoms with E-state index in [2.05, 4.69) is 27.7 Å². The van der Waals surface area contributed by atoms with Crippen LogP contribution in [0.1, 0.15) is 47.0 Å². The lowest BCUT2D eigenvalue weighted by molar-refractivity contribution is -0.132. The van der Waals surface area contributed by atoms with Crippen molar-refractivity contribution in [2.24, 2.45) is 23.7 Å². The van der Waals surface area contributed by atoms with Gasteiger partial charge in [-0.1, -0.05) is 27.7 Å².